The number of nitrogens with zero attached hydrogens (tertiary/aromatic N) is 2. The van der Waals surface area contributed by atoms with Gasteiger partial charge in [-0.1, -0.05) is 0 Å². The maximum atomic E-state index is 12.0. The van der Waals surface area contributed by atoms with Crippen molar-refractivity contribution in [2.24, 2.45) is 5.73 Å². The molecule has 5 heteroatoms. The number of rotatable bonds is 3. The van der Waals surface area contributed by atoms with Gasteiger partial charge in [-0.2, -0.15) is 0 Å². The molecule has 1 aromatic heterocycles. The SMILES string of the molecule is CCOC(=O)C1(N)CCC(n2cnc3c2CCCC3)C1. The molecule has 0 aromatic carbocycles. The van der Waals surface area contributed by atoms with E-state index in [-0.39, 0.29) is 5.97 Å². The van der Waals surface area contributed by atoms with E-state index in [2.05, 4.69) is 9.55 Å². The van der Waals surface area contributed by atoms with Crippen LogP contribution in [0.1, 0.15) is 56.5 Å². The molecule has 3 rings (SSSR count). The minimum Gasteiger partial charge on any atom is -0.465 e. The van der Waals surface area contributed by atoms with Gasteiger partial charge in [0, 0.05) is 11.7 Å². The lowest BCUT2D eigenvalue weighted by atomic mass is 9.98. The molecule has 0 bridgehead atoms. The standard InChI is InChI=1S/C15H23N3O2/c1-2-20-14(19)15(16)8-7-11(9-15)18-10-17-12-5-3-4-6-13(12)18/h10-11H,2-9,16H2,1H3. The molecule has 2 unspecified atom stereocenters. The Labute approximate surface area is 119 Å². The summed E-state index contributed by atoms with van der Waals surface area (Å²) < 4.78 is 7.38. The van der Waals surface area contributed by atoms with Crippen molar-refractivity contribution in [1.82, 2.24) is 9.55 Å². The zero-order valence-corrected chi connectivity index (χ0v) is 12.1. The van der Waals surface area contributed by atoms with Crippen LogP contribution in [-0.4, -0.2) is 27.7 Å². The van der Waals surface area contributed by atoms with Gasteiger partial charge in [0.05, 0.1) is 18.6 Å². The van der Waals surface area contributed by atoms with Crippen LogP contribution < -0.4 is 5.73 Å². The summed E-state index contributed by atoms with van der Waals surface area (Å²) in [5, 5.41) is 0. The van der Waals surface area contributed by atoms with Gasteiger partial charge < -0.3 is 15.0 Å². The van der Waals surface area contributed by atoms with E-state index in [4.69, 9.17) is 10.5 Å². The van der Waals surface area contributed by atoms with E-state index in [1.54, 1.807) is 0 Å². The zero-order chi connectivity index (χ0) is 14.2. The van der Waals surface area contributed by atoms with Crippen LogP contribution in [0.2, 0.25) is 0 Å². The van der Waals surface area contributed by atoms with Gasteiger partial charge in [0.1, 0.15) is 5.54 Å². The van der Waals surface area contributed by atoms with Crippen LogP contribution >= 0.6 is 0 Å². The number of hydrogen-bond donors (Lipinski definition) is 1. The first-order valence-electron chi connectivity index (χ1n) is 7.65. The van der Waals surface area contributed by atoms with E-state index in [1.807, 2.05) is 13.3 Å². The molecule has 2 N–H and O–H groups in total. The van der Waals surface area contributed by atoms with Gasteiger partial charge in [-0.25, -0.2) is 4.98 Å². The normalized spacial score (nSPS) is 29.2. The van der Waals surface area contributed by atoms with E-state index in [0.717, 1.165) is 19.3 Å². The van der Waals surface area contributed by atoms with Gasteiger partial charge in [-0.3, -0.25) is 4.79 Å². The number of imidazole rings is 1. The molecule has 2 atom stereocenters. The Hall–Kier alpha value is -1.36. The Morgan fingerprint density at radius 3 is 3.15 bits per heavy atom. The van der Waals surface area contributed by atoms with E-state index in [9.17, 15) is 4.79 Å². The maximum absolute atomic E-state index is 12.0. The highest BCUT2D eigenvalue weighted by Crippen LogP contribution is 2.38. The van der Waals surface area contributed by atoms with Crippen molar-refractivity contribution < 1.29 is 9.53 Å². The van der Waals surface area contributed by atoms with Crippen LogP contribution in [0.5, 0.6) is 0 Å². The van der Waals surface area contributed by atoms with Gasteiger partial charge in [0.15, 0.2) is 0 Å². The summed E-state index contributed by atoms with van der Waals surface area (Å²) in [5.41, 5.74) is 8.03. The van der Waals surface area contributed by atoms with Crippen LogP contribution in [-0.2, 0) is 22.4 Å². The monoisotopic (exact) mass is 277 g/mol. The van der Waals surface area contributed by atoms with Crippen molar-refractivity contribution >= 4 is 5.97 Å². The summed E-state index contributed by atoms with van der Waals surface area (Å²) in [7, 11) is 0. The summed E-state index contributed by atoms with van der Waals surface area (Å²) >= 11 is 0. The van der Waals surface area contributed by atoms with Crippen LogP contribution in [0.3, 0.4) is 0 Å². The Morgan fingerprint density at radius 1 is 1.55 bits per heavy atom. The number of nitrogens with two attached hydrogens (primary N) is 1. The summed E-state index contributed by atoms with van der Waals surface area (Å²) in [6.07, 6.45) is 8.88. The molecular weight excluding hydrogens is 254 g/mol. The number of ether oxygens (including phenoxy) is 1. The first-order chi connectivity index (χ1) is 9.64. The van der Waals surface area contributed by atoms with Crippen molar-refractivity contribution in [3.63, 3.8) is 0 Å². The van der Waals surface area contributed by atoms with E-state index >= 15 is 0 Å². The second kappa shape index (κ2) is 5.20. The van der Waals surface area contributed by atoms with Crippen LogP contribution in [0.15, 0.2) is 6.33 Å². The third-order valence-corrected chi connectivity index (χ3v) is 4.66. The number of carbonyl (C=O) groups excluding carboxylic acids is 1. The average Bonchev–Trinajstić information content (AvgIpc) is 3.03. The van der Waals surface area contributed by atoms with Gasteiger partial charge in [0.25, 0.3) is 0 Å². The van der Waals surface area contributed by atoms with Crippen molar-refractivity contribution in [2.75, 3.05) is 6.61 Å². The summed E-state index contributed by atoms with van der Waals surface area (Å²) in [4.78, 5) is 16.5. The molecule has 1 aromatic rings. The molecule has 2 aliphatic carbocycles. The van der Waals surface area contributed by atoms with Gasteiger partial charge in [-0.15, -0.1) is 0 Å². The molecule has 1 heterocycles. The van der Waals surface area contributed by atoms with Crippen molar-refractivity contribution in [3.8, 4) is 0 Å². The quantitative estimate of drug-likeness (QED) is 0.854. The molecule has 110 valence electrons. The van der Waals surface area contributed by atoms with E-state index < -0.39 is 5.54 Å². The third-order valence-electron chi connectivity index (χ3n) is 4.66. The molecular formula is C15H23N3O2. The second-order valence-corrected chi connectivity index (χ2v) is 6.03. The van der Waals surface area contributed by atoms with Gasteiger partial charge in [0.2, 0.25) is 0 Å². The topological polar surface area (TPSA) is 70.1 Å². The lowest BCUT2D eigenvalue weighted by molar-refractivity contribution is -0.149. The first-order valence-corrected chi connectivity index (χ1v) is 7.65. The Balaban J connectivity index is 1.77. The first kappa shape index (κ1) is 13.6. The summed E-state index contributed by atoms with van der Waals surface area (Å²) in [6.45, 7) is 2.21. The molecule has 0 saturated heterocycles. The average molecular weight is 277 g/mol. The van der Waals surface area contributed by atoms with Crippen molar-refractivity contribution in [2.45, 2.75) is 63.5 Å². The lowest BCUT2D eigenvalue weighted by Crippen LogP contribution is -2.46. The molecule has 0 spiro atoms. The highest BCUT2D eigenvalue weighted by Gasteiger charge is 2.44. The molecule has 20 heavy (non-hydrogen) atoms. The number of hydrogen-bond acceptors (Lipinski definition) is 4. The lowest BCUT2D eigenvalue weighted by Gasteiger charge is -2.23. The minimum absolute atomic E-state index is 0.253. The highest BCUT2D eigenvalue weighted by molar-refractivity contribution is 5.81. The summed E-state index contributed by atoms with van der Waals surface area (Å²) in [5.74, 6) is -0.253. The number of carbonyl (C=O) groups is 1. The van der Waals surface area contributed by atoms with Gasteiger partial charge >= 0.3 is 5.97 Å². The number of esters is 1. The zero-order valence-electron chi connectivity index (χ0n) is 12.1. The molecule has 0 aliphatic heterocycles. The Morgan fingerprint density at radius 2 is 2.35 bits per heavy atom. The van der Waals surface area contributed by atoms with E-state index in [1.165, 1.54) is 24.2 Å². The Bertz CT molecular complexity index is 511. The fourth-order valence-electron chi connectivity index (χ4n) is 3.55. The molecule has 2 aliphatic rings. The number of aryl methyl sites for hydroxylation is 1. The fourth-order valence-corrected chi connectivity index (χ4v) is 3.55. The smallest absolute Gasteiger partial charge is 0.326 e. The van der Waals surface area contributed by atoms with Crippen molar-refractivity contribution in [1.29, 1.82) is 0 Å². The number of fused-ring (bicyclic) bond motifs is 1. The van der Waals surface area contributed by atoms with Crippen molar-refractivity contribution in [3.05, 3.63) is 17.7 Å². The number of aromatic nitrogens is 2. The largest absolute Gasteiger partial charge is 0.465 e. The van der Waals surface area contributed by atoms with Crippen LogP contribution in [0.25, 0.3) is 0 Å². The highest BCUT2D eigenvalue weighted by atomic mass is 16.5. The molecule has 0 radical (unpaired) electrons. The molecule has 1 fully saturated rings. The Kier molecular flexibility index (Phi) is 3.54. The maximum Gasteiger partial charge on any atom is 0.326 e. The van der Waals surface area contributed by atoms with E-state index in [0.29, 0.717) is 25.5 Å². The molecule has 0 amide bonds. The summed E-state index contributed by atoms with van der Waals surface area (Å²) in [6, 6.07) is 0.291. The fraction of sp³-hybridized carbons (Fsp3) is 0.733. The van der Waals surface area contributed by atoms with Crippen LogP contribution in [0.4, 0.5) is 0 Å². The molecule has 5 nitrogen and oxygen atoms in total. The second-order valence-electron chi connectivity index (χ2n) is 6.03. The van der Waals surface area contributed by atoms with Gasteiger partial charge in [-0.05, 0) is 51.9 Å². The minimum atomic E-state index is -0.813. The predicted molar refractivity (Wildman–Crippen MR) is 75.3 cm³/mol. The van der Waals surface area contributed by atoms with Crippen LogP contribution in [0, 0.1) is 0 Å². The predicted octanol–water partition coefficient (Wildman–Crippen LogP) is 1.75. The third kappa shape index (κ3) is 2.24. The molecule has 1 saturated carbocycles.